The van der Waals surface area contributed by atoms with Crippen molar-refractivity contribution in [2.45, 2.75) is 19.8 Å². The summed E-state index contributed by atoms with van der Waals surface area (Å²) in [5.41, 5.74) is 7.99. The Balaban J connectivity index is 0.00000364. The average Bonchev–Trinajstić information content (AvgIpc) is 2.66. The van der Waals surface area contributed by atoms with Gasteiger partial charge in [0, 0.05) is 12.2 Å². The molecular formula is C20H28IN3O3. The van der Waals surface area contributed by atoms with Crippen molar-refractivity contribution >= 4 is 35.6 Å². The summed E-state index contributed by atoms with van der Waals surface area (Å²) >= 11 is 0. The Labute approximate surface area is 178 Å². The molecule has 0 aliphatic heterocycles. The number of ether oxygens (including phenoxy) is 3. The van der Waals surface area contributed by atoms with E-state index in [-0.39, 0.29) is 24.0 Å². The summed E-state index contributed by atoms with van der Waals surface area (Å²) in [6.45, 7) is 3.21. The molecule has 2 rings (SSSR count). The van der Waals surface area contributed by atoms with Gasteiger partial charge in [-0.25, -0.2) is 0 Å². The fourth-order valence-electron chi connectivity index (χ4n) is 2.49. The number of guanidine groups is 1. The highest BCUT2D eigenvalue weighted by molar-refractivity contribution is 14.0. The summed E-state index contributed by atoms with van der Waals surface area (Å²) < 4.78 is 16.0. The Morgan fingerprint density at radius 3 is 2.41 bits per heavy atom. The number of hydrogen-bond acceptors (Lipinski definition) is 4. The topological polar surface area (TPSA) is 78.1 Å². The lowest BCUT2D eigenvalue weighted by molar-refractivity contribution is 0.310. The van der Waals surface area contributed by atoms with Crippen LogP contribution in [0.25, 0.3) is 0 Å². The van der Waals surface area contributed by atoms with E-state index < -0.39 is 0 Å². The minimum atomic E-state index is 0. The number of rotatable bonds is 9. The van der Waals surface area contributed by atoms with Gasteiger partial charge in [-0.15, -0.1) is 24.0 Å². The summed E-state index contributed by atoms with van der Waals surface area (Å²) in [5, 5.41) is 3.07. The molecule has 0 fully saturated rings. The van der Waals surface area contributed by atoms with Crippen molar-refractivity contribution in [3.8, 4) is 17.2 Å². The van der Waals surface area contributed by atoms with Crippen LogP contribution in [0.1, 0.15) is 18.9 Å². The van der Waals surface area contributed by atoms with E-state index in [1.165, 1.54) is 5.56 Å². The molecule has 0 aliphatic rings. The second kappa shape index (κ2) is 12.3. The zero-order valence-electron chi connectivity index (χ0n) is 16.0. The van der Waals surface area contributed by atoms with Crippen molar-refractivity contribution in [2.24, 2.45) is 10.7 Å². The second-order valence-electron chi connectivity index (χ2n) is 5.64. The van der Waals surface area contributed by atoms with Crippen molar-refractivity contribution in [2.75, 3.05) is 32.7 Å². The molecule has 0 saturated carbocycles. The molecule has 27 heavy (non-hydrogen) atoms. The van der Waals surface area contributed by atoms with Crippen LogP contribution in [-0.4, -0.2) is 33.3 Å². The molecule has 7 heteroatoms. The maximum atomic E-state index is 5.93. The molecule has 0 radical (unpaired) electrons. The van der Waals surface area contributed by atoms with Crippen LogP contribution in [0.5, 0.6) is 17.2 Å². The third kappa shape index (κ3) is 7.54. The fourth-order valence-corrected chi connectivity index (χ4v) is 2.49. The van der Waals surface area contributed by atoms with E-state index in [1.807, 2.05) is 49.4 Å². The quantitative estimate of drug-likeness (QED) is 0.242. The predicted molar refractivity (Wildman–Crippen MR) is 121 cm³/mol. The number of nitrogens with zero attached hydrogens (tertiary/aromatic N) is 1. The summed E-state index contributed by atoms with van der Waals surface area (Å²) in [6, 6.07) is 13.5. The summed E-state index contributed by atoms with van der Waals surface area (Å²) in [6.07, 6.45) is 1.78. The van der Waals surface area contributed by atoms with Gasteiger partial charge in [0.15, 0.2) is 17.5 Å². The Morgan fingerprint density at radius 1 is 1.04 bits per heavy atom. The highest BCUT2D eigenvalue weighted by atomic mass is 127. The van der Waals surface area contributed by atoms with Crippen molar-refractivity contribution in [1.82, 2.24) is 0 Å². The van der Waals surface area contributed by atoms with Gasteiger partial charge in [0.2, 0.25) is 0 Å². The van der Waals surface area contributed by atoms with E-state index in [4.69, 9.17) is 19.9 Å². The van der Waals surface area contributed by atoms with Gasteiger partial charge in [-0.1, -0.05) is 6.07 Å². The molecule has 2 aromatic carbocycles. The molecule has 0 amide bonds. The number of hydrogen-bond donors (Lipinski definition) is 2. The second-order valence-corrected chi connectivity index (χ2v) is 5.64. The van der Waals surface area contributed by atoms with Gasteiger partial charge < -0.3 is 25.3 Å². The van der Waals surface area contributed by atoms with Gasteiger partial charge in [-0.05, 0) is 61.7 Å². The summed E-state index contributed by atoms with van der Waals surface area (Å²) in [5.74, 6) is 2.73. The Morgan fingerprint density at radius 2 is 1.78 bits per heavy atom. The zero-order chi connectivity index (χ0) is 18.8. The maximum Gasteiger partial charge on any atom is 0.193 e. The van der Waals surface area contributed by atoms with Crippen LogP contribution in [0.4, 0.5) is 5.69 Å². The molecule has 0 aliphatic carbocycles. The predicted octanol–water partition coefficient (Wildman–Crippen LogP) is 4.08. The number of anilines is 1. The molecule has 0 aromatic heterocycles. The molecule has 0 spiro atoms. The summed E-state index contributed by atoms with van der Waals surface area (Å²) in [4.78, 5) is 4.37. The molecule has 0 heterocycles. The Hall–Kier alpha value is -2.16. The minimum Gasteiger partial charge on any atom is -0.497 e. The molecule has 6 nitrogen and oxygen atoms in total. The molecule has 0 saturated heterocycles. The smallest absolute Gasteiger partial charge is 0.193 e. The average molecular weight is 485 g/mol. The zero-order valence-corrected chi connectivity index (χ0v) is 18.4. The molecule has 0 atom stereocenters. The molecule has 2 aromatic rings. The van der Waals surface area contributed by atoms with Crippen LogP contribution in [0.3, 0.4) is 0 Å². The van der Waals surface area contributed by atoms with Crippen LogP contribution in [0, 0.1) is 0 Å². The molecule has 0 unspecified atom stereocenters. The molecule has 148 valence electrons. The number of nitrogens with two attached hydrogens (primary N) is 1. The first kappa shape index (κ1) is 22.9. The normalized spacial score (nSPS) is 10.7. The first-order chi connectivity index (χ1) is 12.7. The van der Waals surface area contributed by atoms with Crippen LogP contribution in [-0.2, 0) is 6.42 Å². The maximum absolute atomic E-state index is 5.93. The van der Waals surface area contributed by atoms with Crippen LogP contribution in [0.2, 0.25) is 0 Å². The Kier molecular flexibility index (Phi) is 10.4. The SMILES string of the molecule is CCOc1cc(CCCN=C(N)Nc2ccc(OC)cc2)ccc1OC.I. The van der Waals surface area contributed by atoms with Gasteiger partial charge in [0.1, 0.15) is 5.75 Å². The third-order valence-corrected chi connectivity index (χ3v) is 3.80. The monoisotopic (exact) mass is 485 g/mol. The standard InChI is InChI=1S/C20H27N3O3.HI/c1-4-26-19-14-15(7-12-18(19)25-3)6-5-13-22-20(21)23-16-8-10-17(24-2)11-9-16;/h7-12,14H,4-6,13H2,1-3H3,(H3,21,22,23);1H. The van der Waals surface area contributed by atoms with Crippen molar-refractivity contribution < 1.29 is 14.2 Å². The van der Waals surface area contributed by atoms with Crippen molar-refractivity contribution in [1.29, 1.82) is 0 Å². The van der Waals surface area contributed by atoms with E-state index in [0.29, 0.717) is 19.1 Å². The minimum absolute atomic E-state index is 0. The van der Waals surface area contributed by atoms with E-state index in [9.17, 15) is 0 Å². The highest BCUT2D eigenvalue weighted by Crippen LogP contribution is 2.28. The van der Waals surface area contributed by atoms with Gasteiger partial charge in [-0.2, -0.15) is 0 Å². The van der Waals surface area contributed by atoms with Gasteiger partial charge >= 0.3 is 0 Å². The van der Waals surface area contributed by atoms with Crippen LogP contribution in [0.15, 0.2) is 47.5 Å². The number of halogens is 1. The van der Waals surface area contributed by atoms with Crippen LogP contribution >= 0.6 is 24.0 Å². The fraction of sp³-hybridized carbons (Fsp3) is 0.350. The molecular weight excluding hydrogens is 457 g/mol. The van der Waals surface area contributed by atoms with Gasteiger partial charge in [0.05, 0.1) is 20.8 Å². The number of aliphatic imine (C=N–C) groups is 1. The summed E-state index contributed by atoms with van der Waals surface area (Å²) in [7, 11) is 3.28. The van der Waals surface area contributed by atoms with E-state index in [0.717, 1.165) is 35.8 Å². The first-order valence-corrected chi connectivity index (χ1v) is 8.67. The largest absolute Gasteiger partial charge is 0.497 e. The Bertz CT molecular complexity index is 721. The van der Waals surface area contributed by atoms with Crippen molar-refractivity contribution in [3.63, 3.8) is 0 Å². The molecule has 0 bridgehead atoms. The van der Waals surface area contributed by atoms with E-state index in [1.54, 1.807) is 14.2 Å². The third-order valence-electron chi connectivity index (χ3n) is 3.80. The van der Waals surface area contributed by atoms with Gasteiger partial charge in [-0.3, -0.25) is 4.99 Å². The lowest BCUT2D eigenvalue weighted by atomic mass is 10.1. The number of benzene rings is 2. The van der Waals surface area contributed by atoms with Crippen LogP contribution < -0.4 is 25.3 Å². The van der Waals surface area contributed by atoms with E-state index in [2.05, 4.69) is 10.3 Å². The lowest BCUT2D eigenvalue weighted by Crippen LogP contribution is -2.22. The first-order valence-electron chi connectivity index (χ1n) is 8.67. The van der Waals surface area contributed by atoms with E-state index >= 15 is 0 Å². The van der Waals surface area contributed by atoms with Gasteiger partial charge in [0.25, 0.3) is 0 Å². The number of nitrogens with one attached hydrogen (secondary N) is 1. The highest BCUT2D eigenvalue weighted by Gasteiger charge is 2.05. The number of aryl methyl sites for hydroxylation is 1. The van der Waals surface area contributed by atoms with Crippen molar-refractivity contribution in [3.05, 3.63) is 48.0 Å². The lowest BCUT2D eigenvalue weighted by Gasteiger charge is -2.11. The molecule has 3 N–H and O–H groups in total. The number of methoxy groups -OCH3 is 2.